The maximum atomic E-state index is 12.5. The van der Waals surface area contributed by atoms with Crippen LogP contribution >= 0.6 is 0 Å². The van der Waals surface area contributed by atoms with E-state index in [0.29, 0.717) is 13.0 Å². The van der Waals surface area contributed by atoms with Gasteiger partial charge in [-0.25, -0.2) is 0 Å². The molecule has 132 valence electrons. The van der Waals surface area contributed by atoms with E-state index in [2.05, 4.69) is 29.2 Å². The minimum Gasteiger partial charge on any atom is -0.494 e. The first kappa shape index (κ1) is 17.3. The van der Waals surface area contributed by atoms with Crippen LogP contribution in [0.3, 0.4) is 0 Å². The molecule has 0 radical (unpaired) electrons. The lowest BCUT2D eigenvalue weighted by molar-refractivity contribution is -0.131. The zero-order valence-corrected chi connectivity index (χ0v) is 14.6. The molecule has 2 aromatic carbocycles. The quantitative estimate of drug-likeness (QED) is 0.755. The van der Waals surface area contributed by atoms with Crippen molar-refractivity contribution in [3.05, 3.63) is 60.7 Å². The van der Waals surface area contributed by atoms with Gasteiger partial charge in [-0.2, -0.15) is 0 Å². The van der Waals surface area contributed by atoms with E-state index in [0.717, 1.165) is 44.8 Å². The molecule has 0 aliphatic carbocycles. The van der Waals surface area contributed by atoms with Crippen molar-refractivity contribution < 1.29 is 9.53 Å². The maximum absolute atomic E-state index is 12.5. The number of nitrogens with zero attached hydrogens (tertiary/aromatic N) is 2. The number of rotatable bonds is 6. The molecule has 1 heterocycles. The fourth-order valence-electron chi connectivity index (χ4n) is 3.15. The van der Waals surface area contributed by atoms with E-state index < -0.39 is 0 Å². The highest BCUT2D eigenvalue weighted by molar-refractivity contribution is 5.76. The molecule has 25 heavy (non-hydrogen) atoms. The van der Waals surface area contributed by atoms with Crippen molar-refractivity contribution >= 4 is 11.6 Å². The Bertz CT molecular complexity index is 645. The normalized spacial score (nSPS) is 14.9. The van der Waals surface area contributed by atoms with Gasteiger partial charge < -0.3 is 14.5 Å². The number of hydrogen-bond acceptors (Lipinski definition) is 3. The molecule has 3 rings (SSSR count). The van der Waals surface area contributed by atoms with Crippen LogP contribution in [0.15, 0.2) is 60.7 Å². The van der Waals surface area contributed by atoms with E-state index in [1.165, 1.54) is 5.69 Å². The number of carbonyl (C=O) groups excluding carboxylic acids is 1. The summed E-state index contributed by atoms with van der Waals surface area (Å²) in [5.74, 6) is 1.11. The van der Waals surface area contributed by atoms with Gasteiger partial charge >= 0.3 is 0 Å². The summed E-state index contributed by atoms with van der Waals surface area (Å²) in [4.78, 5) is 16.8. The summed E-state index contributed by atoms with van der Waals surface area (Å²) in [7, 11) is 0. The molecule has 0 spiro atoms. The Labute approximate surface area is 150 Å². The summed E-state index contributed by atoms with van der Waals surface area (Å²) < 4.78 is 5.66. The van der Waals surface area contributed by atoms with Crippen molar-refractivity contribution in [2.24, 2.45) is 0 Å². The van der Waals surface area contributed by atoms with Crippen molar-refractivity contribution in [3.8, 4) is 5.75 Å². The zero-order valence-electron chi connectivity index (χ0n) is 14.6. The van der Waals surface area contributed by atoms with Crippen molar-refractivity contribution in [1.29, 1.82) is 0 Å². The summed E-state index contributed by atoms with van der Waals surface area (Å²) >= 11 is 0. The topological polar surface area (TPSA) is 32.8 Å². The first-order valence-corrected chi connectivity index (χ1v) is 9.08. The zero-order chi connectivity index (χ0) is 17.3. The van der Waals surface area contributed by atoms with Gasteiger partial charge in [0.25, 0.3) is 0 Å². The van der Waals surface area contributed by atoms with Gasteiger partial charge in [0, 0.05) is 38.3 Å². The summed E-state index contributed by atoms with van der Waals surface area (Å²) in [5.41, 5.74) is 1.24. The number of hydrogen-bond donors (Lipinski definition) is 0. The van der Waals surface area contributed by atoms with Crippen LogP contribution in [0, 0.1) is 0 Å². The summed E-state index contributed by atoms with van der Waals surface area (Å²) in [6, 6.07) is 20.2. The van der Waals surface area contributed by atoms with Crippen molar-refractivity contribution in [1.82, 2.24) is 4.90 Å². The van der Waals surface area contributed by atoms with Crippen molar-refractivity contribution in [2.45, 2.75) is 19.3 Å². The molecular weight excluding hydrogens is 312 g/mol. The van der Waals surface area contributed by atoms with Crippen LogP contribution in [-0.2, 0) is 4.79 Å². The molecule has 1 amide bonds. The SMILES string of the molecule is O=C(CCCOc1ccccc1)N1CCCN(c2ccccc2)CC1. The molecule has 0 bridgehead atoms. The second kappa shape index (κ2) is 9.11. The highest BCUT2D eigenvalue weighted by Gasteiger charge is 2.18. The number of anilines is 1. The molecule has 0 unspecified atom stereocenters. The molecule has 2 aromatic rings. The minimum atomic E-state index is 0.242. The Kier molecular flexibility index (Phi) is 6.32. The molecule has 0 aromatic heterocycles. The Morgan fingerprint density at radius 2 is 1.60 bits per heavy atom. The summed E-state index contributed by atoms with van der Waals surface area (Å²) in [6.45, 7) is 4.13. The average molecular weight is 338 g/mol. The van der Waals surface area contributed by atoms with Gasteiger partial charge in [0.15, 0.2) is 0 Å². The van der Waals surface area contributed by atoms with Crippen LogP contribution in [0.25, 0.3) is 0 Å². The van der Waals surface area contributed by atoms with Crippen molar-refractivity contribution in [3.63, 3.8) is 0 Å². The molecule has 1 saturated heterocycles. The Balaban J connectivity index is 1.40. The fourth-order valence-corrected chi connectivity index (χ4v) is 3.15. The second-order valence-corrected chi connectivity index (χ2v) is 6.32. The smallest absolute Gasteiger partial charge is 0.222 e. The predicted octanol–water partition coefficient (Wildman–Crippen LogP) is 3.58. The van der Waals surface area contributed by atoms with Crippen molar-refractivity contribution in [2.75, 3.05) is 37.7 Å². The lowest BCUT2D eigenvalue weighted by atomic mass is 10.2. The van der Waals surface area contributed by atoms with E-state index in [1.54, 1.807) is 0 Å². The van der Waals surface area contributed by atoms with Gasteiger partial charge in [-0.15, -0.1) is 0 Å². The first-order chi connectivity index (χ1) is 12.3. The van der Waals surface area contributed by atoms with Crippen LogP contribution < -0.4 is 9.64 Å². The van der Waals surface area contributed by atoms with Crippen LogP contribution in [0.5, 0.6) is 5.75 Å². The molecule has 1 aliphatic rings. The highest BCUT2D eigenvalue weighted by atomic mass is 16.5. The monoisotopic (exact) mass is 338 g/mol. The van der Waals surface area contributed by atoms with Crippen LogP contribution in [0.1, 0.15) is 19.3 Å². The van der Waals surface area contributed by atoms with Gasteiger partial charge in [0.05, 0.1) is 6.61 Å². The van der Waals surface area contributed by atoms with E-state index in [-0.39, 0.29) is 5.91 Å². The molecule has 4 nitrogen and oxygen atoms in total. The van der Waals surface area contributed by atoms with Crippen LogP contribution in [0.2, 0.25) is 0 Å². The Morgan fingerprint density at radius 1 is 0.880 bits per heavy atom. The number of benzene rings is 2. The summed E-state index contributed by atoms with van der Waals surface area (Å²) in [5, 5.41) is 0. The third kappa shape index (κ3) is 5.24. The van der Waals surface area contributed by atoms with Crippen LogP contribution in [-0.4, -0.2) is 43.6 Å². The Morgan fingerprint density at radius 3 is 2.36 bits per heavy atom. The molecular formula is C21H26N2O2. The predicted molar refractivity (Wildman–Crippen MR) is 101 cm³/mol. The largest absolute Gasteiger partial charge is 0.494 e. The molecule has 1 aliphatic heterocycles. The third-order valence-corrected chi connectivity index (χ3v) is 4.52. The van der Waals surface area contributed by atoms with Crippen LogP contribution in [0.4, 0.5) is 5.69 Å². The lowest BCUT2D eigenvalue weighted by Gasteiger charge is -2.23. The number of carbonyl (C=O) groups is 1. The third-order valence-electron chi connectivity index (χ3n) is 4.52. The molecule has 0 saturated carbocycles. The standard InChI is InChI=1S/C21H26N2O2/c24-21(13-7-18-25-20-11-5-2-6-12-20)23-15-8-14-22(16-17-23)19-9-3-1-4-10-19/h1-6,9-12H,7-8,13-18H2. The number of para-hydroxylation sites is 2. The van der Waals surface area contributed by atoms with Gasteiger partial charge in [-0.05, 0) is 37.1 Å². The highest BCUT2D eigenvalue weighted by Crippen LogP contribution is 2.16. The van der Waals surface area contributed by atoms with Gasteiger partial charge in [0.1, 0.15) is 5.75 Å². The van der Waals surface area contributed by atoms with Gasteiger partial charge in [0.2, 0.25) is 5.91 Å². The molecule has 0 atom stereocenters. The molecule has 0 N–H and O–H groups in total. The number of amides is 1. The van der Waals surface area contributed by atoms with E-state index in [1.807, 2.05) is 41.3 Å². The molecule has 1 fully saturated rings. The Hall–Kier alpha value is -2.49. The minimum absolute atomic E-state index is 0.242. The average Bonchev–Trinajstić information content (AvgIpc) is 2.93. The second-order valence-electron chi connectivity index (χ2n) is 6.32. The van der Waals surface area contributed by atoms with Gasteiger partial charge in [-0.3, -0.25) is 4.79 Å². The fraction of sp³-hybridized carbons (Fsp3) is 0.381. The molecule has 4 heteroatoms. The van der Waals surface area contributed by atoms with E-state index >= 15 is 0 Å². The number of ether oxygens (including phenoxy) is 1. The lowest BCUT2D eigenvalue weighted by Crippen LogP contribution is -2.35. The first-order valence-electron chi connectivity index (χ1n) is 9.08. The van der Waals surface area contributed by atoms with Gasteiger partial charge in [-0.1, -0.05) is 36.4 Å². The maximum Gasteiger partial charge on any atom is 0.222 e. The van der Waals surface area contributed by atoms with E-state index in [9.17, 15) is 4.79 Å². The summed E-state index contributed by atoms with van der Waals surface area (Å²) in [6.07, 6.45) is 2.33. The van der Waals surface area contributed by atoms with E-state index in [4.69, 9.17) is 4.74 Å².